The maximum atomic E-state index is 13.4. The molecular formula is C24H27FN4O2. The lowest BCUT2D eigenvalue weighted by Crippen LogP contribution is -2.40. The van der Waals surface area contributed by atoms with Gasteiger partial charge in [-0.1, -0.05) is 51.1 Å². The summed E-state index contributed by atoms with van der Waals surface area (Å²) in [5.74, 6) is -0.468. The van der Waals surface area contributed by atoms with Gasteiger partial charge in [-0.3, -0.25) is 9.59 Å². The molecule has 0 aliphatic rings. The third-order valence-corrected chi connectivity index (χ3v) is 4.75. The third-order valence-electron chi connectivity index (χ3n) is 4.75. The van der Waals surface area contributed by atoms with Gasteiger partial charge in [0.2, 0.25) is 11.8 Å². The second-order valence-corrected chi connectivity index (χ2v) is 7.63. The van der Waals surface area contributed by atoms with Gasteiger partial charge in [0.15, 0.2) is 0 Å². The minimum Gasteiger partial charge on any atom is -0.333 e. The zero-order chi connectivity index (χ0) is 22.4. The molecule has 7 heteroatoms. The number of hydrogen-bond acceptors (Lipinski definition) is 3. The summed E-state index contributed by atoms with van der Waals surface area (Å²) in [6, 6.07) is 17.2. The topological polar surface area (TPSA) is 67.2 Å². The summed E-state index contributed by atoms with van der Waals surface area (Å²) in [7, 11) is 0. The highest BCUT2D eigenvalue weighted by molar-refractivity contribution is 5.94. The van der Waals surface area contributed by atoms with Crippen molar-refractivity contribution in [2.75, 3.05) is 18.4 Å². The van der Waals surface area contributed by atoms with Crippen LogP contribution in [0.15, 0.2) is 60.7 Å². The Morgan fingerprint density at radius 1 is 1.10 bits per heavy atom. The predicted molar refractivity (Wildman–Crippen MR) is 119 cm³/mol. The van der Waals surface area contributed by atoms with E-state index < -0.39 is 0 Å². The van der Waals surface area contributed by atoms with Crippen LogP contribution in [0.1, 0.15) is 27.2 Å². The van der Waals surface area contributed by atoms with E-state index in [9.17, 15) is 14.0 Å². The van der Waals surface area contributed by atoms with Crippen molar-refractivity contribution >= 4 is 17.6 Å². The summed E-state index contributed by atoms with van der Waals surface area (Å²) < 4.78 is 15.0. The quantitative estimate of drug-likeness (QED) is 0.581. The molecule has 0 aliphatic heterocycles. The molecule has 0 bridgehead atoms. The summed E-state index contributed by atoms with van der Waals surface area (Å²) in [6.45, 7) is 6.07. The van der Waals surface area contributed by atoms with Gasteiger partial charge >= 0.3 is 0 Å². The number of hydrogen-bond donors (Lipinski definition) is 1. The fraction of sp³-hybridized carbons (Fsp3) is 0.292. The number of aromatic nitrogens is 2. The van der Waals surface area contributed by atoms with Gasteiger partial charge in [-0.25, -0.2) is 9.07 Å². The normalized spacial score (nSPS) is 10.9. The summed E-state index contributed by atoms with van der Waals surface area (Å²) in [5, 5.41) is 7.48. The minimum atomic E-state index is -0.354. The molecule has 0 fully saturated rings. The molecular weight excluding hydrogens is 395 g/mol. The molecule has 3 aromatic rings. The number of carbonyl (C=O) groups is 2. The fourth-order valence-electron chi connectivity index (χ4n) is 3.26. The molecule has 0 atom stereocenters. The Labute approximate surface area is 181 Å². The van der Waals surface area contributed by atoms with E-state index in [1.165, 1.54) is 12.1 Å². The number of amides is 2. The number of carbonyl (C=O) groups excluding carboxylic acids is 2. The van der Waals surface area contributed by atoms with Crippen molar-refractivity contribution in [3.05, 3.63) is 66.5 Å². The lowest BCUT2D eigenvalue weighted by Gasteiger charge is -2.23. The average Bonchev–Trinajstić information content (AvgIpc) is 3.17. The molecule has 1 heterocycles. The zero-order valence-corrected chi connectivity index (χ0v) is 18.0. The largest absolute Gasteiger partial charge is 0.333 e. The van der Waals surface area contributed by atoms with E-state index >= 15 is 0 Å². The Morgan fingerprint density at radius 3 is 2.39 bits per heavy atom. The molecule has 0 saturated carbocycles. The second kappa shape index (κ2) is 10.0. The molecule has 0 unspecified atom stereocenters. The van der Waals surface area contributed by atoms with Crippen molar-refractivity contribution in [2.24, 2.45) is 5.92 Å². The highest BCUT2D eigenvalue weighted by Gasteiger charge is 2.21. The molecule has 31 heavy (non-hydrogen) atoms. The van der Waals surface area contributed by atoms with Crippen LogP contribution in [0.2, 0.25) is 0 Å². The first-order chi connectivity index (χ1) is 14.9. The van der Waals surface area contributed by atoms with Crippen LogP contribution < -0.4 is 5.32 Å². The molecule has 0 aliphatic carbocycles. The fourth-order valence-corrected chi connectivity index (χ4v) is 3.26. The predicted octanol–water partition coefficient (Wildman–Crippen LogP) is 4.51. The number of nitrogens with one attached hydrogen (secondary N) is 1. The van der Waals surface area contributed by atoms with Crippen LogP contribution in [0.4, 0.5) is 10.2 Å². The summed E-state index contributed by atoms with van der Waals surface area (Å²) in [5.41, 5.74) is 2.17. The Kier molecular flexibility index (Phi) is 7.18. The summed E-state index contributed by atoms with van der Waals surface area (Å²) >= 11 is 0. The zero-order valence-electron chi connectivity index (χ0n) is 18.0. The van der Waals surface area contributed by atoms with Crippen LogP contribution in [0.3, 0.4) is 0 Å². The minimum absolute atomic E-state index is 0.0415. The van der Waals surface area contributed by atoms with Crippen LogP contribution >= 0.6 is 0 Å². The molecule has 2 amide bonds. The third kappa shape index (κ3) is 5.57. The number of benzene rings is 2. The Hall–Kier alpha value is -3.48. The molecule has 162 valence electrons. The number of nitrogens with zero attached hydrogens (tertiary/aromatic N) is 3. The van der Waals surface area contributed by atoms with E-state index in [1.807, 2.05) is 51.1 Å². The SMILES string of the molecule is CCCN(CC(=O)Nc1cc(-c2ccccc2)nn1-c1ccc(F)cc1)C(=O)C(C)C. The molecule has 1 N–H and O–H groups in total. The van der Waals surface area contributed by atoms with E-state index in [4.69, 9.17) is 0 Å². The van der Waals surface area contributed by atoms with Crippen LogP contribution in [0.5, 0.6) is 0 Å². The van der Waals surface area contributed by atoms with Gasteiger partial charge in [0.1, 0.15) is 11.6 Å². The lowest BCUT2D eigenvalue weighted by molar-refractivity contribution is -0.137. The molecule has 6 nitrogen and oxygen atoms in total. The Bertz CT molecular complexity index is 1030. The van der Waals surface area contributed by atoms with E-state index in [2.05, 4.69) is 10.4 Å². The summed E-state index contributed by atoms with van der Waals surface area (Å²) in [6.07, 6.45) is 0.761. The maximum Gasteiger partial charge on any atom is 0.245 e. The van der Waals surface area contributed by atoms with Crippen molar-refractivity contribution in [3.63, 3.8) is 0 Å². The summed E-state index contributed by atoms with van der Waals surface area (Å²) in [4.78, 5) is 26.8. The van der Waals surface area contributed by atoms with Crippen molar-refractivity contribution in [1.82, 2.24) is 14.7 Å². The van der Waals surface area contributed by atoms with Gasteiger partial charge < -0.3 is 10.2 Å². The van der Waals surface area contributed by atoms with Gasteiger partial charge in [0.25, 0.3) is 0 Å². The van der Waals surface area contributed by atoms with Crippen LogP contribution in [-0.4, -0.2) is 39.6 Å². The number of anilines is 1. The van der Waals surface area contributed by atoms with E-state index in [1.54, 1.807) is 27.8 Å². The molecule has 2 aromatic carbocycles. The van der Waals surface area contributed by atoms with Crippen molar-refractivity contribution < 1.29 is 14.0 Å². The monoisotopic (exact) mass is 422 g/mol. The highest BCUT2D eigenvalue weighted by Crippen LogP contribution is 2.25. The van der Waals surface area contributed by atoms with Crippen molar-refractivity contribution in [3.8, 4) is 16.9 Å². The van der Waals surface area contributed by atoms with Crippen molar-refractivity contribution in [1.29, 1.82) is 0 Å². The Balaban J connectivity index is 1.89. The molecule has 1 aromatic heterocycles. The van der Waals surface area contributed by atoms with Crippen LogP contribution in [0.25, 0.3) is 16.9 Å². The van der Waals surface area contributed by atoms with Crippen LogP contribution in [-0.2, 0) is 9.59 Å². The average molecular weight is 423 g/mol. The number of halogens is 1. The highest BCUT2D eigenvalue weighted by atomic mass is 19.1. The van der Waals surface area contributed by atoms with Crippen molar-refractivity contribution in [2.45, 2.75) is 27.2 Å². The first-order valence-electron chi connectivity index (χ1n) is 10.4. The van der Waals surface area contributed by atoms with Crippen LogP contribution in [0, 0.1) is 11.7 Å². The molecule has 0 spiro atoms. The van der Waals surface area contributed by atoms with Gasteiger partial charge in [0.05, 0.1) is 17.9 Å². The molecule has 0 saturated heterocycles. The first-order valence-corrected chi connectivity index (χ1v) is 10.4. The molecule has 3 rings (SSSR count). The lowest BCUT2D eigenvalue weighted by atomic mass is 10.1. The van der Waals surface area contributed by atoms with E-state index in [0.29, 0.717) is 23.7 Å². The first kappa shape index (κ1) is 22.2. The standard InChI is InChI=1S/C24H27FN4O2/c1-4-14-28(24(31)17(2)3)16-23(30)26-22-15-21(18-8-6-5-7-9-18)27-29(22)20-12-10-19(25)11-13-20/h5-13,15,17H,4,14,16H2,1-3H3,(H,26,30). The van der Waals surface area contributed by atoms with Gasteiger partial charge in [-0.2, -0.15) is 5.10 Å². The van der Waals surface area contributed by atoms with Gasteiger partial charge in [0, 0.05) is 24.1 Å². The maximum absolute atomic E-state index is 13.4. The smallest absolute Gasteiger partial charge is 0.245 e. The second-order valence-electron chi connectivity index (χ2n) is 7.63. The van der Waals surface area contributed by atoms with E-state index in [0.717, 1.165) is 12.0 Å². The van der Waals surface area contributed by atoms with E-state index in [-0.39, 0.29) is 30.1 Å². The van der Waals surface area contributed by atoms with Gasteiger partial charge in [-0.05, 0) is 30.7 Å². The Morgan fingerprint density at radius 2 is 1.77 bits per heavy atom. The van der Waals surface area contributed by atoms with Gasteiger partial charge in [-0.15, -0.1) is 0 Å². The molecule has 0 radical (unpaired) electrons. The number of rotatable bonds is 8.